The number of hydrogen-bond donors (Lipinski definition) is 2. The Bertz CT molecular complexity index is 485. The van der Waals surface area contributed by atoms with Gasteiger partial charge in [-0.05, 0) is 46.5 Å². The highest BCUT2D eigenvalue weighted by molar-refractivity contribution is 7.07. The molecule has 1 atom stereocenters. The lowest BCUT2D eigenvalue weighted by Gasteiger charge is -2.16. The maximum absolute atomic E-state index is 6.00. The zero-order chi connectivity index (χ0) is 12.3. The molecule has 0 spiro atoms. The largest absolute Gasteiger partial charge is 0.271 e. The molecule has 0 aliphatic carbocycles. The van der Waals surface area contributed by atoms with Crippen molar-refractivity contribution in [3.63, 3.8) is 0 Å². The summed E-state index contributed by atoms with van der Waals surface area (Å²) in [5.74, 6) is 5.59. The molecule has 2 aromatic rings. The summed E-state index contributed by atoms with van der Waals surface area (Å²) < 4.78 is 0. The van der Waals surface area contributed by atoms with E-state index in [2.05, 4.69) is 22.3 Å². The highest BCUT2D eigenvalue weighted by Gasteiger charge is 2.12. The summed E-state index contributed by atoms with van der Waals surface area (Å²) in [6, 6.07) is 7.70. The Morgan fingerprint density at radius 1 is 1.24 bits per heavy atom. The van der Waals surface area contributed by atoms with Gasteiger partial charge in [0.15, 0.2) is 0 Å². The second-order valence-corrected chi connectivity index (χ2v) is 5.32. The second kappa shape index (κ2) is 5.85. The molecule has 1 unspecified atom stereocenters. The number of rotatable bonds is 4. The van der Waals surface area contributed by atoms with E-state index in [1.165, 1.54) is 5.56 Å². The van der Waals surface area contributed by atoms with E-state index in [-0.39, 0.29) is 6.04 Å². The van der Waals surface area contributed by atoms with Crippen molar-refractivity contribution in [3.05, 3.63) is 56.2 Å². The van der Waals surface area contributed by atoms with Gasteiger partial charge in [-0.1, -0.05) is 29.3 Å². The Kier molecular flexibility index (Phi) is 4.42. The third kappa shape index (κ3) is 3.21. The van der Waals surface area contributed by atoms with Gasteiger partial charge in [-0.2, -0.15) is 11.3 Å². The van der Waals surface area contributed by atoms with E-state index in [9.17, 15) is 0 Å². The first kappa shape index (κ1) is 12.9. The summed E-state index contributed by atoms with van der Waals surface area (Å²) in [7, 11) is 0. The van der Waals surface area contributed by atoms with Crippen molar-refractivity contribution in [2.45, 2.75) is 12.5 Å². The molecule has 0 fully saturated rings. The van der Waals surface area contributed by atoms with Crippen LogP contribution in [0.4, 0.5) is 0 Å². The Morgan fingerprint density at radius 3 is 2.65 bits per heavy atom. The predicted molar refractivity (Wildman–Crippen MR) is 74.5 cm³/mol. The van der Waals surface area contributed by atoms with Crippen molar-refractivity contribution in [2.75, 3.05) is 0 Å². The van der Waals surface area contributed by atoms with Crippen molar-refractivity contribution < 1.29 is 0 Å². The van der Waals surface area contributed by atoms with E-state index in [1.807, 2.05) is 12.1 Å². The molecule has 0 aliphatic heterocycles. The van der Waals surface area contributed by atoms with Crippen LogP contribution in [0.3, 0.4) is 0 Å². The lowest BCUT2D eigenvalue weighted by molar-refractivity contribution is 0.552. The topological polar surface area (TPSA) is 38.0 Å². The number of hydrazine groups is 1. The SMILES string of the molecule is NNC(Cc1ccsc1)c1ccc(Cl)c(Cl)c1. The molecular formula is C12H12Cl2N2S. The van der Waals surface area contributed by atoms with E-state index in [4.69, 9.17) is 29.0 Å². The third-order valence-corrected chi connectivity index (χ3v) is 4.04. The zero-order valence-corrected chi connectivity index (χ0v) is 11.3. The number of thiophene rings is 1. The van der Waals surface area contributed by atoms with Crippen LogP contribution in [0.25, 0.3) is 0 Å². The monoisotopic (exact) mass is 286 g/mol. The number of nitrogens with two attached hydrogens (primary N) is 1. The van der Waals surface area contributed by atoms with Crippen LogP contribution in [0.2, 0.25) is 10.0 Å². The van der Waals surface area contributed by atoms with Crippen LogP contribution in [-0.4, -0.2) is 0 Å². The van der Waals surface area contributed by atoms with Crippen molar-refractivity contribution in [1.29, 1.82) is 0 Å². The van der Waals surface area contributed by atoms with Gasteiger partial charge in [0.1, 0.15) is 0 Å². The summed E-state index contributed by atoms with van der Waals surface area (Å²) in [5, 5.41) is 5.27. The Morgan fingerprint density at radius 2 is 2.06 bits per heavy atom. The fraction of sp³-hybridized carbons (Fsp3) is 0.167. The standard InChI is InChI=1S/C12H12Cl2N2S/c13-10-2-1-9(6-11(10)14)12(16-15)5-8-3-4-17-7-8/h1-4,6-7,12,16H,5,15H2. The molecule has 1 aromatic carbocycles. The van der Waals surface area contributed by atoms with Gasteiger partial charge >= 0.3 is 0 Å². The molecule has 0 radical (unpaired) electrons. The Labute approximate surface area is 114 Å². The van der Waals surface area contributed by atoms with E-state index in [1.54, 1.807) is 17.4 Å². The van der Waals surface area contributed by atoms with Crippen LogP contribution >= 0.6 is 34.5 Å². The van der Waals surface area contributed by atoms with E-state index < -0.39 is 0 Å². The third-order valence-electron chi connectivity index (χ3n) is 2.57. The first-order valence-electron chi connectivity index (χ1n) is 5.13. The van der Waals surface area contributed by atoms with Gasteiger partial charge in [-0.3, -0.25) is 11.3 Å². The zero-order valence-electron chi connectivity index (χ0n) is 8.99. The predicted octanol–water partition coefficient (Wildman–Crippen LogP) is 3.80. The Balaban J connectivity index is 2.20. The average Bonchev–Trinajstić information content (AvgIpc) is 2.82. The van der Waals surface area contributed by atoms with Gasteiger partial charge in [-0.15, -0.1) is 0 Å². The minimum atomic E-state index is 0.0411. The summed E-state index contributed by atoms with van der Waals surface area (Å²) >= 11 is 13.6. The van der Waals surface area contributed by atoms with E-state index in [0.717, 1.165) is 12.0 Å². The number of hydrogen-bond acceptors (Lipinski definition) is 3. The van der Waals surface area contributed by atoms with Crippen molar-refractivity contribution in [2.24, 2.45) is 5.84 Å². The molecule has 0 amide bonds. The number of halogens is 2. The molecule has 0 bridgehead atoms. The van der Waals surface area contributed by atoms with Crippen LogP contribution in [0.5, 0.6) is 0 Å². The second-order valence-electron chi connectivity index (χ2n) is 3.73. The van der Waals surface area contributed by atoms with Gasteiger partial charge in [0, 0.05) is 0 Å². The van der Waals surface area contributed by atoms with Gasteiger partial charge in [0.25, 0.3) is 0 Å². The fourth-order valence-electron chi connectivity index (χ4n) is 1.65. The summed E-state index contributed by atoms with van der Waals surface area (Å²) in [4.78, 5) is 0. The molecule has 1 heterocycles. The molecule has 1 aromatic heterocycles. The normalized spacial score (nSPS) is 12.6. The molecule has 2 nitrogen and oxygen atoms in total. The molecule has 2 rings (SSSR count). The maximum atomic E-state index is 6.00. The molecule has 5 heteroatoms. The van der Waals surface area contributed by atoms with Crippen molar-refractivity contribution in [3.8, 4) is 0 Å². The lowest BCUT2D eigenvalue weighted by atomic mass is 10.0. The Hall–Kier alpha value is -0.580. The number of nitrogens with one attached hydrogen (secondary N) is 1. The van der Waals surface area contributed by atoms with E-state index >= 15 is 0 Å². The van der Waals surface area contributed by atoms with Gasteiger partial charge in [0.05, 0.1) is 16.1 Å². The van der Waals surface area contributed by atoms with Crippen molar-refractivity contribution in [1.82, 2.24) is 5.43 Å². The minimum absolute atomic E-state index is 0.0411. The summed E-state index contributed by atoms with van der Waals surface area (Å²) in [6.45, 7) is 0. The van der Waals surface area contributed by atoms with Crippen molar-refractivity contribution >= 4 is 34.5 Å². The van der Waals surface area contributed by atoms with Crippen LogP contribution in [0.1, 0.15) is 17.2 Å². The summed E-state index contributed by atoms with van der Waals surface area (Å²) in [5.41, 5.74) is 5.10. The minimum Gasteiger partial charge on any atom is -0.271 e. The molecule has 0 saturated carbocycles. The number of benzene rings is 1. The quantitative estimate of drug-likeness (QED) is 0.663. The van der Waals surface area contributed by atoms with Crippen LogP contribution < -0.4 is 11.3 Å². The summed E-state index contributed by atoms with van der Waals surface area (Å²) in [6.07, 6.45) is 0.831. The highest BCUT2D eigenvalue weighted by atomic mass is 35.5. The van der Waals surface area contributed by atoms with E-state index in [0.29, 0.717) is 10.0 Å². The molecule has 17 heavy (non-hydrogen) atoms. The smallest absolute Gasteiger partial charge is 0.0595 e. The van der Waals surface area contributed by atoms with Crippen LogP contribution in [0.15, 0.2) is 35.0 Å². The van der Waals surface area contributed by atoms with Gasteiger partial charge in [-0.25, -0.2) is 0 Å². The molecule has 90 valence electrons. The molecule has 0 saturated heterocycles. The highest BCUT2D eigenvalue weighted by Crippen LogP contribution is 2.27. The maximum Gasteiger partial charge on any atom is 0.0595 e. The molecule has 3 N–H and O–H groups in total. The molecular weight excluding hydrogens is 275 g/mol. The van der Waals surface area contributed by atoms with Gasteiger partial charge in [0.2, 0.25) is 0 Å². The fourth-order valence-corrected chi connectivity index (χ4v) is 2.63. The lowest BCUT2D eigenvalue weighted by Crippen LogP contribution is -2.29. The first-order chi connectivity index (χ1) is 8.20. The van der Waals surface area contributed by atoms with Crippen LogP contribution in [-0.2, 0) is 6.42 Å². The van der Waals surface area contributed by atoms with Gasteiger partial charge < -0.3 is 0 Å². The van der Waals surface area contributed by atoms with Crippen LogP contribution in [0, 0.1) is 0 Å². The first-order valence-corrected chi connectivity index (χ1v) is 6.82. The molecule has 0 aliphatic rings. The average molecular weight is 287 g/mol.